The fourth-order valence-electron chi connectivity index (χ4n) is 2.00. The average Bonchev–Trinajstić information content (AvgIpc) is 2.46. The third-order valence-corrected chi connectivity index (χ3v) is 3.29. The van der Waals surface area contributed by atoms with Gasteiger partial charge in [-0.3, -0.25) is 4.79 Å². The molecule has 112 valence electrons. The van der Waals surface area contributed by atoms with Crippen LogP contribution in [0.4, 0.5) is 0 Å². The van der Waals surface area contributed by atoms with Gasteiger partial charge < -0.3 is 14.7 Å². The number of ether oxygens (including phenoxy) is 1. The average molecular weight is 279 g/mol. The van der Waals surface area contributed by atoms with Crippen LogP contribution >= 0.6 is 0 Å². The molecule has 0 fully saturated rings. The lowest BCUT2D eigenvalue weighted by atomic mass is 10.1. The predicted octanol–water partition coefficient (Wildman–Crippen LogP) is 3.44. The largest absolute Gasteiger partial charge is 0.507 e. The van der Waals surface area contributed by atoms with Crippen LogP contribution < -0.4 is 4.74 Å². The van der Waals surface area contributed by atoms with E-state index in [0.29, 0.717) is 11.3 Å². The number of hydrogen-bond acceptors (Lipinski definition) is 3. The molecule has 4 nitrogen and oxygen atoms in total. The van der Waals surface area contributed by atoms with Crippen LogP contribution in [-0.2, 0) is 0 Å². The first-order valence-electron chi connectivity index (χ1n) is 7.30. The molecule has 1 N–H and O–H groups in total. The SMILES string of the molecule is CCCCN(CCCC)C(=O)c1ccc(OC)cc1O. The quantitative estimate of drug-likeness (QED) is 0.793. The molecule has 20 heavy (non-hydrogen) atoms. The van der Waals surface area contributed by atoms with Crippen LogP contribution in [-0.4, -0.2) is 36.1 Å². The number of unbranched alkanes of at least 4 members (excludes halogenated alkanes) is 2. The number of nitrogens with zero attached hydrogens (tertiary/aromatic N) is 1. The van der Waals surface area contributed by atoms with Crippen molar-refractivity contribution in [1.82, 2.24) is 4.90 Å². The standard InChI is InChI=1S/C16H25NO3/c1-4-6-10-17(11-7-5-2)16(19)14-9-8-13(20-3)12-15(14)18/h8-9,12,18H,4-7,10-11H2,1-3H3. The van der Waals surface area contributed by atoms with Crippen molar-refractivity contribution in [3.05, 3.63) is 23.8 Å². The number of rotatable bonds is 8. The zero-order valence-electron chi connectivity index (χ0n) is 12.7. The van der Waals surface area contributed by atoms with Crippen LogP contribution in [0.2, 0.25) is 0 Å². The lowest BCUT2D eigenvalue weighted by Gasteiger charge is -2.23. The van der Waals surface area contributed by atoms with E-state index in [1.165, 1.54) is 13.2 Å². The van der Waals surface area contributed by atoms with Crippen LogP contribution in [0.3, 0.4) is 0 Å². The molecule has 1 aromatic rings. The zero-order valence-corrected chi connectivity index (χ0v) is 12.7. The van der Waals surface area contributed by atoms with Gasteiger partial charge in [0.05, 0.1) is 12.7 Å². The first kappa shape index (κ1) is 16.3. The van der Waals surface area contributed by atoms with Crippen LogP contribution in [0.1, 0.15) is 49.9 Å². The number of hydrogen-bond donors (Lipinski definition) is 1. The molecule has 0 saturated heterocycles. The molecule has 0 aliphatic carbocycles. The highest BCUT2D eigenvalue weighted by Crippen LogP contribution is 2.24. The minimum absolute atomic E-state index is 0.0210. The third kappa shape index (κ3) is 4.44. The van der Waals surface area contributed by atoms with Crippen molar-refractivity contribution >= 4 is 5.91 Å². The monoisotopic (exact) mass is 279 g/mol. The number of amides is 1. The maximum absolute atomic E-state index is 12.5. The molecule has 0 radical (unpaired) electrons. The molecule has 0 atom stereocenters. The van der Waals surface area contributed by atoms with Gasteiger partial charge in [0, 0.05) is 19.2 Å². The molecular formula is C16H25NO3. The van der Waals surface area contributed by atoms with Crippen molar-refractivity contribution in [2.45, 2.75) is 39.5 Å². The number of benzene rings is 1. The highest BCUT2D eigenvalue weighted by molar-refractivity contribution is 5.97. The molecule has 0 bridgehead atoms. The van der Waals surface area contributed by atoms with E-state index in [2.05, 4.69) is 13.8 Å². The molecule has 0 saturated carbocycles. The number of carbonyl (C=O) groups excluding carboxylic acids is 1. The fourth-order valence-corrected chi connectivity index (χ4v) is 2.00. The number of aromatic hydroxyl groups is 1. The molecule has 0 unspecified atom stereocenters. The van der Waals surface area contributed by atoms with Gasteiger partial charge in [0.2, 0.25) is 0 Å². The Morgan fingerprint density at radius 2 is 1.80 bits per heavy atom. The van der Waals surface area contributed by atoms with Gasteiger partial charge >= 0.3 is 0 Å². The highest BCUT2D eigenvalue weighted by atomic mass is 16.5. The van der Waals surface area contributed by atoms with E-state index in [1.54, 1.807) is 12.1 Å². The number of phenols is 1. The zero-order chi connectivity index (χ0) is 15.0. The van der Waals surface area contributed by atoms with Gasteiger partial charge in [-0.2, -0.15) is 0 Å². The highest BCUT2D eigenvalue weighted by Gasteiger charge is 2.18. The number of phenolic OH excluding ortho intramolecular Hbond substituents is 1. The van der Waals surface area contributed by atoms with Crippen molar-refractivity contribution < 1.29 is 14.6 Å². The van der Waals surface area contributed by atoms with E-state index >= 15 is 0 Å². The minimum atomic E-state index is -0.105. The molecule has 0 aliphatic rings. The number of carbonyl (C=O) groups is 1. The van der Waals surface area contributed by atoms with Crippen LogP contribution in [0, 0.1) is 0 Å². The van der Waals surface area contributed by atoms with E-state index in [1.807, 2.05) is 4.90 Å². The Bertz CT molecular complexity index is 424. The minimum Gasteiger partial charge on any atom is -0.507 e. The van der Waals surface area contributed by atoms with Gasteiger partial charge in [-0.05, 0) is 25.0 Å². The van der Waals surface area contributed by atoms with Crippen LogP contribution in [0.25, 0.3) is 0 Å². The molecule has 1 rings (SSSR count). The summed E-state index contributed by atoms with van der Waals surface area (Å²) in [5.41, 5.74) is 0.345. The lowest BCUT2D eigenvalue weighted by molar-refractivity contribution is 0.0748. The summed E-state index contributed by atoms with van der Waals surface area (Å²) in [5.74, 6) is 0.423. The van der Waals surface area contributed by atoms with Crippen molar-refractivity contribution in [3.63, 3.8) is 0 Å². The molecular weight excluding hydrogens is 254 g/mol. The lowest BCUT2D eigenvalue weighted by Crippen LogP contribution is -2.33. The predicted molar refractivity (Wildman–Crippen MR) is 80.4 cm³/mol. The molecule has 1 aromatic carbocycles. The topological polar surface area (TPSA) is 49.8 Å². The Balaban J connectivity index is 2.86. The van der Waals surface area contributed by atoms with E-state index in [-0.39, 0.29) is 11.7 Å². The molecule has 0 spiro atoms. The van der Waals surface area contributed by atoms with E-state index in [4.69, 9.17) is 4.74 Å². The third-order valence-electron chi connectivity index (χ3n) is 3.29. The smallest absolute Gasteiger partial charge is 0.257 e. The normalized spacial score (nSPS) is 10.3. The fraction of sp³-hybridized carbons (Fsp3) is 0.562. The summed E-state index contributed by atoms with van der Waals surface area (Å²) in [6, 6.07) is 4.80. The number of methoxy groups -OCH3 is 1. The van der Waals surface area contributed by atoms with Crippen LogP contribution in [0.15, 0.2) is 18.2 Å². The second-order valence-electron chi connectivity index (χ2n) is 4.88. The van der Waals surface area contributed by atoms with Crippen molar-refractivity contribution in [2.24, 2.45) is 0 Å². The van der Waals surface area contributed by atoms with Gasteiger partial charge in [0.15, 0.2) is 0 Å². The summed E-state index contributed by atoms with van der Waals surface area (Å²) in [6.45, 7) is 5.68. The Morgan fingerprint density at radius 3 is 2.25 bits per heavy atom. The van der Waals surface area contributed by atoms with Crippen molar-refractivity contribution in [3.8, 4) is 11.5 Å². The van der Waals surface area contributed by atoms with Crippen molar-refractivity contribution in [2.75, 3.05) is 20.2 Å². The second-order valence-corrected chi connectivity index (χ2v) is 4.88. The van der Waals surface area contributed by atoms with Gasteiger partial charge in [-0.25, -0.2) is 0 Å². The van der Waals surface area contributed by atoms with E-state index < -0.39 is 0 Å². The summed E-state index contributed by atoms with van der Waals surface area (Å²) in [5, 5.41) is 9.97. The molecule has 0 aromatic heterocycles. The molecule has 0 aliphatic heterocycles. The summed E-state index contributed by atoms with van der Waals surface area (Å²) in [6.07, 6.45) is 4.05. The van der Waals surface area contributed by atoms with Gasteiger partial charge in [0.25, 0.3) is 5.91 Å². The van der Waals surface area contributed by atoms with Crippen molar-refractivity contribution in [1.29, 1.82) is 0 Å². The Kier molecular flexibility index (Phi) is 6.91. The van der Waals surface area contributed by atoms with E-state index in [9.17, 15) is 9.90 Å². The first-order valence-corrected chi connectivity index (χ1v) is 7.30. The summed E-state index contributed by atoms with van der Waals surface area (Å²) in [4.78, 5) is 14.3. The van der Waals surface area contributed by atoms with E-state index in [0.717, 1.165) is 38.8 Å². The molecule has 1 amide bonds. The maximum Gasteiger partial charge on any atom is 0.257 e. The first-order chi connectivity index (χ1) is 9.63. The Morgan fingerprint density at radius 1 is 1.20 bits per heavy atom. The van der Waals surface area contributed by atoms with Gasteiger partial charge in [-0.1, -0.05) is 26.7 Å². The summed E-state index contributed by atoms with van der Waals surface area (Å²) < 4.78 is 5.04. The second kappa shape index (κ2) is 8.46. The summed E-state index contributed by atoms with van der Waals surface area (Å²) in [7, 11) is 1.53. The Labute approximate surface area is 121 Å². The maximum atomic E-state index is 12.5. The molecule has 0 heterocycles. The Hall–Kier alpha value is -1.71. The van der Waals surface area contributed by atoms with Gasteiger partial charge in [0.1, 0.15) is 11.5 Å². The van der Waals surface area contributed by atoms with Gasteiger partial charge in [-0.15, -0.1) is 0 Å². The molecule has 4 heteroatoms. The van der Waals surface area contributed by atoms with Crippen LogP contribution in [0.5, 0.6) is 11.5 Å². The summed E-state index contributed by atoms with van der Waals surface area (Å²) >= 11 is 0.